The fourth-order valence-electron chi connectivity index (χ4n) is 2.54. The SMILES string of the molecule is COc1ccc(S(=O)(=O)NCC2(CO)CCOCC2)cc1C. The first-order valence-corrected chi connectivity index (χ1v) is 8.74. The third kappa shape index (κ3) is 3.78. The number of hydrogen-bond acceptors (Lipinski definition) is 5. The zero-order chi connectivity index (χ0) is 16.2. The molecular formula is C15H23NO5S. The van der Waals surface area contributed by atoms with Gasteiger partial charge in [-0.1, -0.05) is 0 Å². The zero-order valence-corrected chi connectivity index (χ0v) is 13.8. The summed E-state index contributed by atoms with van der Waals surface area (Å²) in [6.45, 7) is 3.04. The highest BCUT2D eigenvalue weighted by molar-refractivity contribution is 7.89. The summed E-state index contributed by atoms with van der Waals surface area (Å²) in [4.78, 5) is 0.200. The molecule has 1 saturated heterocycles. The molecule has 6 nitrogen and oxygen atoms in total. The summed E-state index contributed by atoms with van der Waals surface area (Å²) in [5.41, 5.74) is 0.320. The maximum absolute atomic E-state index is 12.4. The molecular weight excluding hydrogens is 306 g/mol. The molecule has 1 aromatic rings. The molecule has 0 amide bonds. The van der Waals surface area contributed by atoms with Gasteiger partial charge in [0.25, 0.3) is 0 Å². The van der Waals surface area contributed by atoms with Gasteiger partial charge in [0.2, 0.25) is 10.0 Å². The third-order valence-corrected chi connectivity index (χ3v) is 5.60. The number of hydrogen-bond donors (Lipinski definition) is 2. The summed E-state index contributed by atoms with van der Waals surface area (Å²) in [7, 11) is -2.07. The average Bonchev–Trinajstić information content (AvgIpc) is 2.54. The van der Waals surface area contributed by atoms with Crippen molar-refractivity contribution in [3.05, 3.63) is 23.8 Å². The van der Waals surface area contributed by atoms with E-state index in [0.29, 0.717) is 31.8 Å². The standard InChI is InChI=1S/C15H23NO5S/c1-12-9-13(3-4-14(12)20-2)22(18,19)16-10-15(11-17)5-7-21-8-6-15/h3-4,9,16-17H,5-8,10-11H2,1-2H3. The van der Waals surface area contributed by atoms with Crippen LogP contribution in [-0.2, 0) is 14.8 Å². The van der Waals surface area contributed by atoms with E-state index in [4.69, 9.17) is 9.47 Å². The quantitative estimate of drug-likeness (QED) is 0.815. The van der Waals surface area contributed by atoms with E-state index in [1.807, 2.05) is 0 Å². The van der Waals surface area contributed by atoms with Crippen LogP contribution in [0.15, 0.2) is 23.1 Å². The topological polar surface area (TPSA) is 84.9 Å². The van der Waals surface area contributed by atoms with E-state index in [1.165, 1.54) is 6.07 Å². The van der Waals surface area contributed by atoms with Crippen molar-refractivity contribution >= 4 is 10.0 Å². The maximum atomic E-state index is 12.4. The van der Waals surface area contributed by atoms with Gasteiger partial charge in [0.1, 0.15) is 5.75 Å². The van der Waals surface area contributed by atoms with Crippen molar-refractivity contribution in [2.75, 3.05) is 33.5 Å². The second-order valence-corrected chi connectivity index (χ2v) is 7.49. The Morgan fingerprint density at radius 3 is 2.59 bits per heavy atom. The second-order valence-electron chi connectivity index (χ2n) is 5.73. The molecule has 7 heteroatoms. The molecule has 0 saturated carbocycles. The van der Waals surface area contributed by atoms with Gasteiger partial charge in [-0.2, -0.15) is 0 Å². The van der Waals surface area contributed by atoms with Gasteiger partial charge in [-0.15, -0.1) is 0 Å². The van der Waals surface area contributed by atoms with Crippen molar-refractivity contribution in [2.24, 2.45) is 5.41 Å². The molecule has 1 fully saturated rings. The van der Waals surface area contributed by atoms with E-state index in [-0.39, 0.29) is 18.0 Å². The Balaban J connectivity index is 2.12. The van der Waals surface area contributed by atoms with Gasteiger partial charge in [-0.05, 0) is 43.5 Å². The van der Waals surface area contributed by atoms with Gasteiger partial charge >= 0.3 is 0 Å². The van der Waals surface area contributed by atoms with Crippen LogP contribution in [0.25, 0.3) is 0 Å². The summed E-state index contributed by atoms with van der Waals surface area (Å²) < 4.78 is 37.9. The number of rotatable bonds is 6. The van der Waals surface area contributed by atoms with Crippen LogP contribution in [0.3, 0.4) is 0 Å². The van der Waals surface area contributed by atoms with Gasteiger partial charge in [0.05, 0.1) is 18.6 Å². The van der Waals surface area contributed by atoms with Gasteiger partial charge in [0, 0.05) is 25.2 Å². The molecule has 2 rings (SSSR count). The Labute approximate surface area is 131 Å². The molecule has 124 valence electrons. The number of sulfonamides is 1. The molecule has 1 aliphatic rings. The van der Waals surface area contributed by atoms with E-state index in [0.717, 1.165) is 5.56 Å². The highest BCUT2D eigenvalue weighted by atomic mass is 32.2. The van der Waals surface area contributed by atoms with Crippen LogP contribution in [0, 0.1) is 12.3 Å². The highest BCUT2D eigenvalue weighted by Crippen LogP contribution is 2.30. The Hall–Kier alpha value is -1.15. The number of nitrogens with one attached hydrogen (secondary N) is 1. The number of aliphatic hydroxyl groups excluding tert-OH is 1. The lowest BCUT2D eigenvalue weighted by atomic mass is 9.81. The lowest BCUT2D eigenvalue weighted by Crippen LogP contribution is -2.43. The molecule has 22 heavy (non-hydrogen) atoms. The molecule has 0 aromatic heterocycles. The van der Waals surface area contributed by atoms with E-state index < -0.39 is 15.4 Å². The van der Waals surface area contributed by atoms with Crippen LogP contribution in [0.2, 0.25) is 0 Å². The summed E-state index contributed by atoms with van der Waals surface area (Å²) in [6.07, 6.45) is 1.29. The number of ether oxygens (including phenoxy) is 2. The second kappa shape index (κ2) is 6.95. The summed E-state index contributed by atoms with van der Waals surface area (Å²) in [6, 6.07) is 4.74. The Bertz CT molecular complexity index is 608. The van der Waals surface area contributed by atoms with Crippen LogP contribution in [0.5, 0.6) is 5.75 Å². The van der Waals surface area contributed by atoms with Crippen molar-refractivity contribution in [1.82, 2.24) is 4.72 Å². The largest absolute Gasteiger partial charge is 0.496 e. The van der Waals surface area contributed by atoms with Crippen LogP contribution < -0.4 is 9.46 Å². The maximum Gasteiger partial charge on any atom is 0.240 e. The molecule has 1 aliphatic heterocycles. The predicted molar refractivity (Wildman–Crippen MR) is 82.5 cm³/mol. The van der Waals surface area contributed by atoms with E-state index in [1.54, 1.807) is 26.2 Å². The highest BCUT2D eigenvalue weighted by Gasteiger charge is 2.33. The number of aliphatic hydroxyl groups is 1. The lowest BCUT2D eigenvalue weighted by molar-refractivity contribution is -0.0126. The van der Waals surface area contributed by atoms with Crippen LogP contribution >= 0.6 is 0 Å². The Morgan fingerprint density at radius 2 is 2.05 bits per heavy atom. The van der Waals surface area contributed by atoms with Gasteiger partial charge in [0.15, 0.2) is 0 Å². The van der Waals surface area contributed by atoms with Crippen molar-refractivity contribution in [2.45, 2.75) is 24.7 Å². The molecule has 1 heterocycles. The summed E-state index contributed by atoms with van der Waals surface area (Å²) in [5, 5.41) is 9.61. The first kappa shape index (κ1) is 17.2. The predicted octanol–water partition coefficient (Wildman–Crippen LogP) is 1.07. The normalized spacial score (nSPS) is 18.1. The lowest BCUT2D eigenvalue weighted by Gasteiger charge is -2.35. The number of aryl methyl sites for hydroxylation is 1. The summed E-state index contributed by atoms with van der Waals surface area (Å²) >= 11 is 0. The van der Waals surface area contributed by atoms with Crippen LogP contribution in [0.1, 0.15) is 18.4 Å². The van der Waals surface area contributed by atoms with Gasteiger partial charge in [-0.3, -0.25) is 0 Å². The van der Waals surface area contributed by atoms with Crippen LogP contribution in [-0.4, -0.2) is 47.0 Å². The molecule has 0 aliphatic carbocycles. The smallest absolute Gasteiger partial charge is 0.240 e. The van der Waals surface area contributed by atoms with Gasteiger partial charge < -0.3 is 14.6 Å². The molecule has 0 bridgehead atoms. The third-order valence-electron chi connectivity index (χ3n) is 4.20. The monoisotopic (exact) mass is 329 g/mol. The van der Waals surface area contributed by atoms with Crippen molar-refractivity contribution < 1.29 is 23.0 Å². The van der Waals surface area contributed by atoms with Crippen molar-refractivity contribution in [3.8, 4) is 5.75 Å². The van der Waals surface area contributed by atoms with E-state index >= 15 is 0 Å². The van der Waals surface area contributed by atoms with Gasteiger partial charge in [-0.25, -0.2) is 13.1 Å². The molecule has 0 unspecified atom stereocenters. The minimum atomic E-state index is -3.61. The Morgan fingerprint density at radius 1 is 1.36 bits per heavy atom. The number of benzene rings is 1. The molecule has 0 radical (unpaired) electrons. The number of methoxy groups -OCH3 is 1. The fraction of sp³-hybridized carbons (Fsp3) is 0.600. The molecule has 0 spiro atoms. The first-order valence-electron chi connectivity index (χ1n) is 7.25. The minimum absolute atomic E-state index is 0.0550. The fourth-order valence-corrected chi connectivity index (χ4v) is 3.79. The van der Waals surface area contributed by atoms with E-state index in [9.17, 15) is 13.5 Å². The Kier molecular flexibility index (Phi) is 5.44. The molecule has 2 N–H and O–H groups in total. The van der Waals surface area contributed by atoms with Crippen LogP contribution in [0.4, 0.5) is 0 Å². The zero-order valence-electron chi connectivity index (χ0n) is 13.0. The summed E-state index contributed by atoms with van der Waals surface area (Å²) in [5.74, 6) is 0.648. The van der Waals surface area contributed by atoms with E-state index in [2.05, 4.69) is 4.72 Å². The van der Waals surface area contributed by atoms with Crippen molar-refractivity contribution in [3.63, 3.8) is 0 Å². The average molecular weight is 329 g/mol. The minimum Gasteiger partial charge on any atom is -0.496 e. The van der Waals surface area contributed by atoms with Crippen molar-refractivity contribution in [1.29, 1.82) is 0 Å². The first-order chi connectivity index (χ1) is 10.4. The molecule has 1 aromatic carbocycles. The molecule has 0 atom stereocenters.